The predicted molar refractivity (Wildman–Crippen MR) is 62.2 cm³/mol. The van der Waals surface area contributed by atoms with Gasteiger partial charge in [0.1, 0.15) is 0 Å². The number of hydrogen-bond acceptors (Lipinski definition) is 2. The van der Waals surface area contributed by atoms with E-state index in [1.807, 2.05) is 31.2 Å². The highest BCUT2D eigenvalue weighted by molar-refractivity contribution is 6.14. The van der Waals surface area contributed by atoms with Gasteiger partial charge in [0.2, 0.25) is 0 Å². The molecule has 0 bridgehead atoms. The summed E-state index contributed by atoms with van der Waals surface area (Å²) in [7, 11) is 0. The van der Waals surface area contributed by atoms with E-state index in [4.69, 9.17) is 0 Å². The van der Waals surface area contributed by atoms with Crippen molar-refractivity contribution in [2.75, 3.05) is 0 Å². The molecule has 0 spiro atoms. The molecular weight excluding hydrogens is 200 g/mol. The zero-order valence-electron chi connectivity index (χ0n) is 9.22. The second-order valence-corrected chi connectivity index (χ2v) is 4.23. The standard InChI is InChI=1S/C14H14O2/c1-10-6-5-9-12(15)13(10)14(16)11-7-3-2-4-8-11/h2-5,7-10,13H,6H2,1H3. The van der Waals surface area contributed by atoms with Gasteiger partial charge in [0.25, 0.3) is 0 Å². The van der Waals surface area contributed by atoms with E-state index in [-0.39, 0.29) is 17.5 Å². The highest BCUT2D eigenvalue weighted by Gasteiger charge is 2.32. The van der Waals surface area contributed by atoms with Crippen molar-refractivity contribution in [3.05, 3.63) is 48.0 Å². The average molecular weight is 214 g/mol. The highest BCUT2D eigenvalue weighted by Crippen LogP contribution is 2.25. The Bertz CT molecular complexity index is 431. The monoisotopic (exact) mass is 214 g/mol. The number of carbonyl (C=O) groups is 2. The van der Waals surface area contributed by atoms with E-state index < -0.39 is 5.92 Å². The van der Waals surface area contributed by atoms with Crippen molar-refractivity contribution in [2.24, 2.45) is 11.8 Å². The lowest BCUT2D eigenvalue weighted by Gasteiger charge is -2.22. The molecule has 1 aliphatic carbocycles. The number of benzene rings is 1. The number of allylic oxidation sites excluding steroid dienone is 2. The molecule has 0 radical (unpaired) electrons. The van der Waals surface area contributed by atoms with Gasteiger partial charge in [0.15, 0.2) is 11.6 Å². The van der Waals surface area contributed by atoms with Crippen molar-refractivity contribution < 1.29 is 9.59 Å². The Hall–Kier alpha value is -1.70. The predicted octanol–water partition coefficient (Wildman–Crippen LogP) is 2.65. The summed E-state index contributed by atoms with van der Waals surface area (Å²) in [6.45, 7) is 1.95. The van der Waals surface area contributed by atoms with Crippen molar-refractivity contribution in [1.29, 1.82) is 0 Å². The van der Waals surface area contributed by atoms with E-state index in [1.54, 1.807) is 12.1 Å². The first-order valence-corrected chi connectivity index (χ1v) is 5.50. The van der Waals surface area contributed by atoms with Crippen molar-refractivity contribution >= 4 is 11.6 Å². The van der Waals surface area contributed by atoms with Crippen LogP contribution in [-0.2, 0) is 4.79 Å². The molecule has 16 heavy (non-hydrogen) atoms. The fraction of sp³-hybridized carbons (Fsp3) is 0.286. The second-order valence-electron chi connectivity index (χ2n) is 4.23. The molecule has 0 heterocycles. The molecule has 0 aromatic heterocycles. The molecule has 0 amide bonds. The van der Waals surface area contributed by atoms with Gasteiger partial charge in [-0.15, -0.1) is 0 Å². The Labute approximate surface area is 95.0 Å². The van der Waals surface area contributed by atoms with E-state index >= 15 is 0 Å². The molecule has 1 aliphatic rings. The van der Waals surface area contributed by atoms with Crippen LogP contribution in [0.4, 0.5) is 0 Å². The maximum absolute atomic E-state index is 12.2. The minimum Gasteiger partial charge on any atom is -0.294 e. The Morgan fingerprint density at radius 3 is 2.56 bits per heavy atom. The average Bonchev–Trinajstić information content (AvgIpc) is 2.30. The fourth-order valence-corrected chi connectivity index (χ4v) is 2.09. The molecule has 0 saturated carbocycles. The number of rotatable bonds is 2. The number of Topliss-reactive ketones (excluding diaryl/α,β-unsaturated/α-hetero) is 1. The third kappa shape index (κ3) is 1.96. The van der Waals surface area contributed by atoms with E-state index in [0.29, 0.717) is 5.56 Å². The minimum absolute atomic E-state index is 0.0533. The molecule has 2 atom stereocenters. The lowest BCUT2D eigenvalue weighted by molar-refractivity contribution is -0.118. The summed E-state index contributed by atoms with van der Waals surface area (Å²) in [4.78, 5) is 23.9. The summed E-state index contributed by atoms with van der Waals surface area (Å²) in [6, 6.07) is 9.03. The van der Waals surface area contributed by atoms with Crippen LogP contribution in [0.15, 0.2) is 42.5 Å². The van der Waals surface area contributed by atoms with Gasteiger partial charge in [-0.3, -0.25) is 9.59 Å². The van der Waals surface area contributed by atoms with Crippen molar-refractivity contribution in [2.45, 2.75) is 13.3 Å². The molecule has 0 N–H and O–H groups in total. The van der Waals surface area contributed by atoms with E-state index in [2.05, 4.69) is 0 Å². The third-order valence-corrected chi connectivity index (χ3v) is 3.01. The summed E-state index contributed by atoms with van der Waals surface area (Å²) < 4.78 is 0. The highest BCUT2D eigenvalue weighted by atomic mass is 16.1. The minimum atomic E-state index is -0.493. The Morgan fingerprint density at radius 1 is 1.25 bits per heavy atom. The first-order chi connectivity index (χ1) is 7.70. The van der Waals surface area contributed by atoms with E-state index in [0.717, 1.165) is 6.42 Å². The molecule has 2 unspecified atom stereocenters. The second kappa shape index (κ2) is 4.44. The van der Waals surface area contributed by atoms with Gasteiger partial charge in [-0.25, -0.2) is 0 Å². The number of hydrogen-bond donors (Lipinski definition) is 0. The fourth-order valence-electron chi connectivity index (χ4n) is 2.09. The topological polar surface area (TPSA) is 34.1 Å². The van der Waals surface area contributed by atoms with Gasteiger partial charge in [-0.05, 0) is 18.4 Å². The molecule has 2 heteroatoms. The molecule has 2 rings (SSSR count). The van der Waals surface area contributed by atoms with Crippen molar-refractivity contribution in [3.63, 3.8) is 0 Å². The normalized spacial score (nSPS) is 24.4. The van der Waals surface area contributed by atoms with E-state index in [9.17, 15) is 9.59 Å². The summed E-state index contributed by atoms with van der Waals surface area (Å²) in [5.41, 5.74) is 0.628. The summed E-state index contributed by atoms with van der Waals surface area (Å²) >= 11 is 0. The zero-order valence-corrected chi connectivity index (χ0v) is 9.22. The van der Waals surface area contributed by atoms with Gasteiger partial charge in [0, 0.05) is 5.56 Å². The van der Waals surface area contributed by atoms with Gasteiger partial charge in [0.05, 0.1) is 5.92 Å². The van der Waals surface area contributed by atoms with Gasteiger partial charge in [-0.2, -0.15) is 0 Å². The van der Waals surface area contributed by atoms with Crippen LogP contribution in [-0.4, -0.2) is 11.6 Å². The van der Waals surface area contributed by atoms with Crippen molar-refractivity contribution in [1.82, 2.24) is 0 Å². The molecule has 1 aromatic carbocycles. The van der Waals surface area contributed by atoms with Crippen LogP contribution in [0.25, 0.3) is 0 Å². The van der Waals surface area contributed by atoms with Gasteiger partial charge >= 0.3 is 0 Å². The van der Waals surface area contributed by atoms with Crippen LogP contribution < -0.4 is 0 Å². The van der Waals surface area contributed by atoms with Crippen LogP contribution in [0.2, 0.25) is 0 Å². The lowest BCUT2D eigenvalue weighted by atomic mass is 9.79. The quantitative estimate of drug-likeness (QED) is 0.560. The Balaban J connectivity index is 2.28. The van der Waals surface area contributed by atoms with Crippen LogP contribution in [0, 0.1) is 11.8 Å². The molecule has 0 saturated heterocycles. The summed E-state index contributed by atoms with van der Waals surface area (Å²) in [6.07, 6.45) is 4.18. The lowest BCUT2D eigenvalue weighted by Crippen LogP contribution is -2.31. The van der Waals surface area contributed by atoms with Crippen molar-refractivity contribution in [3.8, 4) is 0 Å². The van der Waals surface area contributed by atoms with Crippen LogP contribution >= 0.6 is 0 Å². The van der Waals surface area contributed by atoms with Gasteiger partial charge < -0.3 is 0 Å². The smallest absolute Gasteiger partial charge is 0.173 e. The summed E-state index contributed by atoms with van der Waals surface area (Å²) in [5, 5.41) is 0. The van der Waals surface area contributed by atoms with Crippen LogP contribution in [0.1, 0.15) is 23.7 Å². The maximum Gasteiger partial charge on any atom is 0.173 e. The SMILES string of the molecule is CC1CC=CC(=O)C1C(=O)c1ccccc1. The van der Waals surface area contributed by atoms with Crippen LogP contribution in [0.5, 0.6) is 0 Å². The number of ketones is 2. The number of carbonyl (C=O) groups excluding carboxylic acids is 2. The maximum atomic E-state index is 12.2. The first-order valence-electron chi connectivity index (χ1n) is 5.50. The summed E-state index contributed by atoms with van der Waals surface area (Å²) in [5.74, 6) is -0.507. The molecule has 0 aliphatic heterocycles. The molecular formula is C14H14O2. The van der Waals surface area contributed by atoms with Gasteiger partial charge in [-0.1, -0.05) is 43.3 Å². The molecule has 82 valence electrons. The Morgan fingerprint density at radius 2 is 1.94 bits per heavy atom. The van der Waals surface area contributed by atoms with E-state index in [1.165, 1.54) is 6.08 Å². The first kappa shape index (κ1) is 10.8. The zero-order chi connectivity index (χ0) is 11.5. The molecule has 0 fully saturated rings. The largest absolute Gasteiger partial charge is 0.294 e. The third-order valence-electron chi connectivity index (χ3n) is 3.01. The molecule has 1 aromatic rings. The molecule has 2 nitrogen and oxygen atoms in total. The Kier molecular flexibility index (Phi) is 3.00. The van der Waals surface area contributed by atoms with Crippen LogP contribution in [0.3, 0.4) is 0 Å².